The van der Waals surface area contributed by atoms with Crippen LogP contribution in [0.5, 0.6) is 5.75 Å². The van der Waals surface area contributed by atoms with E-state index < -0.39 is 5.79 Å². The Hall–Kier alpha value is -2.04. The van der Waals surface area contributed by atoms with Crippen molar-refractivity contribution in [3.63, 3.8) is 0 Å². The van der Waals surface area contributed by atoms with Gasteiger partial charge in [-0.3, -0.25) is 9.59 Å². The van der Waals surface area contributed by atoms with Crippen LogP contribution in [-0.2, 0) is 25.5 Å². The van der Waals surface area contributed by atoms with Gasteiger partial charge in [0, 0.05) is 25.7 Å². The lowest BCUT2D eigenvalue weighted by molar-refractivity contribution is -0.270. The largest absolute Gasteiger partial charge is 0.497 e. The van der Waals surface area contributed by atoms with Gasteiger partial charge in [0.05, 0.1) is 7.11 Å². The highest BCUT2D eigenvalue weighted by Crippen LogP contribution is 2.65. The summed E-state index contributed by atoms with van der Waals surface area (Å²) in [5, 5.41) is 0. The summed E-state index contributed by atoms with van der Waals surface area (Å²) >= 11 is 0. The molecule has 0 heterocycles. The second-order valence-electron chi connectivity index (χ2n) is 8.92. The Morgan fingerprint density at radius 2 is 1.75 bits per heavy atom. The molecule has 2 fully saturated rings. The fourth-order valence-corrected chi connectivity index (χ4v) is 6.46. The van der Waals surface area contributed by atoms with E-state index >= 15 is 0 Å². The molecule has 3 aliphatic rings. The number of methoxy groups -OCH3 is 1. The molecule has 0 spiro atoms. The summed E-state index contributed by atoms with van der Waals surface area (Å²) in [5.74, 6) is 0.437. The molecule has 5 nitrogen and oxygen atoms in total. The summed E-state index contributed by atoms with van der Waals surface area (Å²) in [4.78, 5) is 23.8. The lowest BCUT2D eigenvalue weighted by Gasteiger charge is -2.53. The Bertz CT molecular complexity index is 784. The smallest absolute Gasteiger partial charge is 0.305 e. The Labute approximate surface area is 166 Å². The molecule has 4 rings (SSSR count). The van der Waals surface area contributed by atoms with Gasteiger partial charge in [0.15, 0.2) is 0 Å². The van der Waals surface area contributed by atoms with Crippen molar-refractivity contribution in [2.24, 2.45) is 17.3 Å². The number of aryl methyl sites for hydroxylation is 1. The van der Waals surface area contributed by atoms with Crippen LogP contribution in [0, 0.1) is 17.3 Å². The van der Waals surface area contributed by atoms with E-state index in [-0.39, 0.29) is 17.4 Å². The van der Waals surface area contributed by atoms with Crippen LogP contribution in [0.2, 0.25) is 0 Å². The van der Waals surface area contributed by atoms with Crippen molar-refractivity contribution >= 4 is 11.9 Å². The van der Waals surface area contributed by atoms with Crippen LogP contribution < -0.4 is 4.74 Å². The van der Waals surface area contributed by atoms with Crippen LogP contribution in [0.15, 0.2) is 18.2 Å². The molecule has 5 heteroatoms. The van der Waals surface area contributed by atoms with E-state index in [0.29, 0.717) is 24.2 Å². The molecule has 2 saturated carbocycles. The molecule has 0 radical (unpaired) electrons. The standard InChI is InChI=1S/C23H30O5/c1-14(24)27-23(28-15(2)25)12-10-21-20-7-5-16-13-17(26-4)6-8-18(16)19(20)9-11-22(21,23)3/h6,8,13,19-21H,5,7,9-12H2,1-4H3/t19-,20+,21+,22-/m0/s1. The van der Waals surface area contributed by atoms with E-state index in [1.807, 2.05) is 0 Å². The predicted octanol–water partition coefficient (Wildman–Crippen LogP) is 4.37. The van der Waals surface area contributed by atoms with Gasteiger partial charge in [0.25, 0.3) is 5.79 Å². The highest BCUT2D eigenvalue weighted by molar-refractivity contribution is 5.69. The van der Waals surface area contributed by atoms with E-state index in [4.69, 9.17) is 14.2 Å². The van der Waals surface area contributed by atoms with E-state index in [1.54, 1.807) is 7.11 Å². The third kappa shape index (κ3) is 2.82. The second kappa shape index (κ2) is 6.78. The first-order valence-electron chi connectivity index (χ1n) is 10.4. The normalized spacial score (nSPS) is 32.5. The summed E-state index contributed by atoms with van der Waals surface area (Å²) in [6, 6.07) is 6.47. The molecule has 152 valence electrons. The summed E-state index contributed by atoms with van der Waals surface area (Å²) in [6.45, 7) is 4.96. The molecule has 0 N–H and O–H groups in total. The summed E-state index contributed by atoms with van der Waals surface area (Å²) in [7, 11) is 1.71. The summed E-state index contributed by atoms with van der Waals surface area (Å²) in [5.41, 5.74) is 2.50. The summed E-state index contributed by atoms with van der Waals surface area (Å²) in [6.07, 6.45) is 5.55. The van der Waals surface area contributed by atoms with Crippen LogP contribution in [0.3, 0.4) is 0 Å². The minimum atomic E-state index is -1.12. The number of hydrogen-bond acceptors (Lipinski definition) is 5. The molecule has 3 aliphatic carbocycles. The number of fused-ring (bicyclic) bond motifs is 5. The van der Waals surface area contributed by atoms with Gasteiger partial charge < -0.3 is 14.2 Å². The fraction of sp³-hybridized carbons (Fsp3) is 0.652. The third-order valence-corrected chi connectivity index (χ3v) is 7.60. The van der Waals surface area contributed by atoms with Crippen molar-refractivity contribution in [1.29, 1.82) is 0 Å². The van der Waals surface area contributed by atoms with Gasteiger partial charge in [-0.25, -0.2) is 0 Å². The van der Waals surface area contributed by atoms with E-state index in [0.717, 1.165) is 37.9 Å². The molecule has 1 aromatic carbocycles. The van der Waals surface area contributed by atoms with Gasteiger partial charge in [-0.1, -0.05) is 13.0 Å². The Morgan fingerprint density at radius 3 is 2.39 bits per heavy atom. The van der Waals surface area contributed by atoms with Crippen molar-refractivity contribution < 1.29 is 23.8 Å². The maximum atomic E-state index is 11.9. The van der Waals surface area contributed by atoms with E-state index in [1.165, 1.54) is 25.0 Å². The zero-order chi connectivity index (χ0) is 20.1. The first-order chi connectivity index (χ1) is 13.3. The molecule has 4 atom stereocenters. The van der Waals surface area contributed by atoms with Gasteiger partial charge in [0.2, 0.25) is 0 Å². The molecular weight excluding hydrogens is 356 g/mol. The van der Waals surface area contributed by atoms with Crippen molar-refractivity contribution in [3.05, 3.63) is 29.3 Å². The van der Waals surface area contributed by atoms with Crippen LogP contribution >= 0.6 is 0 Å². The van der Waals surface area contributed by atoms with Crippen molar-refractivity contribution in [1.82, 2.24) is 0 Å². The first-order valence-corrected chi connectivity index (χ1v) is 10.4. The van der Waals surface area contributed by atoms with Crippen LogP contribution in [0.4, 0.5) is 0 Å². The number of ether oxygens (including phenoxy) is 3. The van der Waals surface area contributed by atoms with Crippen LogP contribution in [0.25, 0.3) is 0 Å². The maximum Gasteiger partial charge on any atom is 0.305 e. The molecule has 0 bridgehead atoms. The third-order valence-electron chi connectivity index (χ3n) is 7.60. The van der Waals surface area contributed by atoms with Gasteiger partial charge >= 0.3 is 11.9 Å². The monoisotopic (exact) mass is 386 g/mol. The van der Waals surface area contributed by atoms with Gasteiger partial charge in [0.1, 0.15) is 5.75 Å². The molecule has 0 aliphatic heterocycles. The van der Waals surface area contributed by atoms with Crippen LogP contribution in [-0.4, -0.2) is 24.8 Å². The van der Waals surface area contributed by atoms with E-state index in [9.17, 15) is 9.59 Å². The van der Waals surface area contributed by atoms with Crippen LogP contribution in [0.1, 0.15) is 69.9 Å². The predicted molar refractivity (Wildman–Crippen MR) is 104 cm³/mol. The molecule has 28 heavy (non-hydrogen) atoms. The molecule has 1 aromatic rings. The number of rotatable bonds is 3. The number of carbonyl (C=O) groups excluding carboxylic acids is 2. The first kappa shape index (κ1) is 19.3. The average molecular weight is 386 g/mol. The van der Waals surface area contributed by atoms with Crippen molar-refractivity contribution in [2.75, 3.05) is 7.11 Å². The number of esters is 2. The maximum absolute atomic E-state index is 11.9. The van der Waals surface area contributed by atoms with E-state index in [2.05, 4.69) is 25.1 Å². The zero-order valence-corrected chi connectivity index (χ0v) is 17.2. The van der Waals surface area contributed by atoms with Gasteiger partial charge in [-0.05, 0) is 73.1 Å². The second-order valence-corrected chi connectivity index (χ2v) is 8.92. The topological polar surface area (TPSA) is 61.8 Å². The Morgan fingerprint density at radius 1 is 1.04 bits per heavy atom. The minimum Gasteiger partial charge on any atom is -0.497 e. The van der Waals surface area contributed by atoms with Crippen molar-refractivity contribution in [3.8, 4) is 5.75 Å². The fourth-order valence-electron chi connectivity index (χ4n) is 6.46. The summed E-state index contributed by atoms with van der Waals surface area (Å²) < 4.78 is 16.9. The lowest BCUT2D eigenvalue weighted by atomic mass is 9.55. The zero-order valence-electron chi connectivity index (χ0n) is 17.2. The SMILES string of the molecule is COc1ccc2c(c1)CC[C@H]1[C@H]3CCC(OC(C)=O)(OC(C)=O)[C@@]3(C)CC[C@@H]21. The quantitative estimate of drug-likeness (QED) is 0.570. The molecule has 0 unspecified atom stereocenters. The highest BCUT2D eigenvalue weighted by atomic mass is 16.7. The number of benzene rings is 1. The minimum absolute atomic E-state index is 0.338. The Balaban J connectivity index is 1.68. The highest BCUT2D eigenvalue weighted by Gasteiger charge is 2.66. The molecule has 0 saturated heterocycles. The van der Waals surface area contributed by atoms with Crippen molar-refractivity contribution in [2.45, 2.75) is 71.0 Å². The van der Waals surface area contributed by atoms with Gasteiger partial charge in [-0.2, -0.15) is 0 Å². The molecule has 0 amide bonds. The Kier molecular flexibility index (Phi) is 4.67. The number of hydrogen-bond donors (Lipinski definition) is 0. The molecule has 0 aromatic heterocycles. The average Bonchev–Trinajstić information content (AvgIpc) is 2.92. The number of carbonyl (C=O) groups is 2. The molecular formula is C23H30O5. The van der Waals surface area contributed by atoms with Gasteiger partial charge in [-0.15, -0.1) is 0 Å². The lowest BCUT2D eigenvalue weighted by Crippen LogP contribution is -2.54.